The van der Waals surface area contributed by atoms with Crippen molar-refractivity contribution in [2.24, 2.45) is 0 Å². The van der Waals surface area contributed by atoms with E-state index < -0.39 is 6.10 Å². The summed E-state index contributed by atoms with van der Waals surface area (Å²) in [5, 5.41) is 10.6. The number of imidazole rings is 1. The zero-order valence-corrected chi connectivity index (χ0v) is 13.8. The van der Waals surface area contributed by atoms with Crippen molar-refractivity contribution in [3.63, 3.8) is 0 Å². The SMILES string of the molecule is OC(c1ccc(-c2ccccc2)c(F)c1)c1cnc(-c2ccccn2)[nH]1. The molecule has 0 spiro atoms. The second kappa shape index (κ2) is 6.90. The fourth-order valence-corrected chi connectivity index (χ4v) is 2.84. The Morgan fingerprint density at radius 1 is 0.923 bits per heavy atom. The van der Waals surface area contributed by atoms with Crippen LogP contribution in [0.2, 0.25) is 0 Å². The Bertz CT molecular complexity index is 1020. The van der Waals surface area contributed by atoms with E-state index >= 15 is 0 Å². The zero-order valence-electron chi connectivity index (χ0n) is 13.8. The summed E-state index contributed by atoms with van der Waals surface area (Å²) in [6, 6.07) is 19.6. The van der Waals surface area contributed by atoms with Gasteiger partial charge in [-0.2, -0.15) is 0 Å². The van der Waals surface area contributed by atoms with Crippen LogP contribution in [0.4, 0.5) is 4.39 Å². The molecule has 0 bridgehead atoms. The van der Waals surface area contributed by atoms with Gasteiger partial charge >= 0.3 is 0 Å². The molecule has 1 unspecified atom stereocenters. The molecule has 0 amide bonds. The van der Waals surface area contributed by atoms with Crippen LogP contribution in [0.5, 0.6) is 0 Å². The molecule has 0 aliphatic heterocycles. The number of aromatic amines is 1. The highest BCUT2D eigenvalue weighted by Gasteiger charge is 2.16. The van der Waals surface area contributed by atoms with Crippen LogP contribution in [0.25, 0.3) is 22.6 Å². The molecule has 0 saturated heterocycles. The molecule has 4 aromatic rings. The van der Waals surface area contributed by atoms with Crippen LogP contribution in [0.3, 0.4) is 0 Å². The molecular formula is C21H16FN3O. The van der Waals surface area contributed by atoms with E-state index in [9.17, 15) is 9.50 Å². The number of H-pyrrole nitrogens is 1. The molecule has 0 aliphatic carbocycles. The molecule has 2 N–H and O–H groups in total. The quantitative estimate of drug-likeness (QED) is 0.578. The molecular weight excluding hydrogens is 329 g/mol. The Balaban J connectivity index is 1.62. The predicted octanol–water partition coefficient (Wildman–Crippen LogP) is 4.36. The van der Waals surface area contributed by atoms with E-state index in [0.717, 1.165) is 5.56 Å². The largest absolute Gasteiger partial charge is 0.382 e. The second-order valence-electron chi connectivity index (χ2n) is 5.91. The van der Waals surface area contributed by atoms with Crippen molar-refractivity contribution in [2.45, 2.75) is 6.10 Å². The molecule has 0 fully saturated rings. The molecule has 0 saturated carbocycles. The molecule has 0 aliphatic rings. The normalized spacial score (nSPS) is 12.1. The van der Waals surface area contributed by atoms with Crippen molar-refractivity contribution in [3.05, 3.63) is 96.2 Å². The number of halogens is 1. The van der Waals surface area contributed by atoms with Crippen molar-refractivity contribution in [2.75, 3.05) is 0 Å². The van der Waals surface area contributed by atoms with E-state index in [0.29, 0.717) is 28.3 Å². The van der Waals surface area contributed by atoms with Crippen molar-refractivity contribution >= 4 is 0 Å². The third-order valence-electron chi connectivity index (χ3n) is 4.19. The highest BCUT2D eigenvalue weighted by atomic mass is 19.1. The van der Waals surface area contributed by atoms with Crippen LogP contribution in [-0.2, 0) is 0 Å². The lowest BCUT2D eigenvalue weighted by molar-refractivity contribution is 0.215. The summed E-state index contributed by atoms with van der Waals surface area (Å²) in [5.41, 5.74) is 2.91. The van der Waals surface area contributed by atoms with Crippen LogP contribution in [0, 0.1) is 5.82 Å². The van der Waals surface area contributed by atoms with Crippen molar-refractivity contribution in [1.29, 1.82) is 0 Å². The number of aliphatic hydroxyl groups excluding tert-OH is 1. The minimum absolute atomic E-state index is 0.378. The average Bonchev–Trinajstić information content (AvgIpc) is 3.19. The van der Waals surface area contributed by atoms with Crippen LogP contribution in [0.1, 0.15) is 17.4 Å². The lowest BCUT2D eigenvalue weighted by atomic mass is 10.00. The van der Waals surface area contributed by atoms with Crippen molar-refractivity contribution in [1.82, 2.24) is 15.0 Å². The number of aliphatic hydroxyl groups is 1. The lowest BCUT2D eigenvalue weighted by Crippen LogP contribution is -2.01. The molecule has 1 atom stereocenters. The predicted molar refractivity (Wildman–Crippen MR) is 97.7 cm³/mol. The van der Waals surface area contributed by atoms with Gasteiger partial charge in [-0.15, -0.1) is 0 Å². The first-order chi connectivity index (χ1) is 12.7. The number of hydrogen-bond acceptors (Lipinski definition) is 3. The summed E-state index contributed by atoms with van der Waals surface area (Å²) in [6.45, 7) is 0. The Hall–Kier alpha value is -3.31. The molecule has 2 heterocycles. The summed E-state index contributed by atoms with van der Waals surface area (Å²) in [7, 11) is 0. The third kappa shape index (κ3) is 3.12. The number of pyridine rings is 1. The molecule has 4 rings (SSSR count). The smallest absolute Gasteiger partial charge is 0.156 e. The third-order valence-corrected chi connectivity index (χ3v) is 4.19. The maximum atomic E-state index is 14.5. The number of nitrogens with zero attached hydrogens (tertiary/aromatic N) is 2. The van der Waals surface area contributed by atoms with E-state index in [-0.39, 0.29) is 5.82 Å². The van der Waals surface area contributed by atoms with E-state index in [2.05, 4.69) is 15.0 Å². The summed E-state index contributed by atoms with van der Waals surface area (Å²) in [5.74, 6) is 0.179. The first-order valence-electron chi connectivity index (χ1n) is 8.21. The summed E-state index contributed by atoms with van der Waals surface area (Å²) in [4.78, 5) is 11.5. The Morgan fingerprint density at radius 3 is 2.46 bits per heavy atom. The van der Waals surface area contributed by atoms with Crippen LogP contribution >= 0.6 is 0 Å². The van der Waals surface area contributed by atoms with Gasteiger partial charge in [0.1, 0.15) is 17.6 Å². The van der Waals surface area contributed by atoms with Crippen molar-refractivity contribution < 1.29 is 9.50 Å². The van der Waals surface area contributed by atoms with Gasteiger partial charge in [0.25, 0.3) is 0 Å². The number of benzene rings is 2. The van der Waals surface area contributed by atoms with E-state index in [1.807, 2.05) is 48.5 Å². The highest BCUT2D eigenvalue weighted by molar-refractivity contribution is 5.64. The fraction of sp³-hybridized carbons (Fsp3) is 0.0476. The van der Waals surface area contributed by atoms with E-state index in [1.54, 1.807) is 18.3 Å². The Morgan fingerprint density at radius 2 is 1.73 bits per heavy atom. The second-order valence-corrected chi connectivity index (χ2v) is 5.91. The summed E-state index contributed by atoms with van der Waals surface area (Å²) >= 11 is 0. The molecule has 26 heavy (non-hydrogen) atoms. The maximum Gasteiger partial charge on any atom is 0.156 e. The molecule has 2 aromatic carbocycles. The monoisotopic (exact) mass is 345 g/mol. The maximum absolute atomic E-state index is 14.5. The van der Waals surface area contributed by atoms with Gasteiger partial charge in [-0.3, -0.25) is 4.98 Å². The first kappa shape index (κ1) is 16.2. The van der Waals surface area contributed by atoms with Gasteiger partial charge in [0.15, 0.2) is 5.82 Å². The van der Waals surface area contributed by atoms with Gasteiger partial charge in [-0.1, -0.05) is 48.5 Å². The highest BCUT2D eigenvalue weighted by Crippen LogP contribution is 2.28. The molecule has 2 aromatic heterocycles. The minimum atomic E-state index is -1.00. The van der Waals surface area contributed by atoms with Gasteiger partial charge < -0.3 is 10.1 Å². The fourth-order valence-electron chi connectivity index (χ4n) is 2.84. The Kier molecular flexibility index (Phi) is 4.29. The number of aromatic nitrogens is 3. The average molecular weight is 345 g/mol. The summed E-state index contributed by atoms with van der Waals surface area (Å²) < 4.78 is 14.5. The van der Waals surface area contributed by atoms with Crippen LogP contribution in [0.15, 0.2) is 79.1 Å². The van der Waals surface area contributed by atoms with Gasteiger partial charge in [0.05, 0.1) is 11.9 Å². The van der Waals surface area contributed by atoms with Gasteiger partial charge in [0, 0.05) is 11.8 Å². The Labute approximate surface area is 150 Å². The van der Waals surface area contributed by atoms with Gasteiger partial charge in [-0.25, -0.2) is 9.37 Å². The topological polar surface area (TPSA) is 61.8 Å². The van der Waals surface area contributed by atoms with Crippen molar-refractivity contribution in [3.8, 4) is 22.6 Å². The number of rotatable bonds is 4. The number of nitrogens with one attached hydrogen (secondary N) is 1. The van der Waals surface area contributed by atoms with Crippen LogP contribution in [-0.4, -0.2) is 20.1 Å². The molecule has 128 valence electrons. The van der Waals surface area contributed by atoms with Gasteiger partial charge in [0.2, 0.25) is 0 Å². The standard InChI is InChI=1S/C21H16FN3O/c22-17-12-15(9-10-16(17)14-6-2-1-3-7-14)20(26)19-13-24-21(25-19)18-8-4-5-11-23-18/h1-13,20,26H,(H,24,25). The first-order valence-corrected chi connectivity index (χ1v) is 8.21. The molecule has 0 radical (unpaired) electrons. The number of hydrogen-bond donors (Lipinski definition) is 2. The lowest BCUT2D eigenvalue weighted by Gasteiger charge is -2.11. The molecule has 5 heteroatoms. The van der Waals surface area contributed by atoms with Gasteiger partial charge in [-0.05, 0) is 29.3 Å². The minimum Gasteiger partial charge on any atom is -0.382 e. The molecule has 4 nitrogen and oxygen atoms in total. The van der Waals surface area contributed by atoms with E-state index in [4.69, 9.17) is 0 Å². The van der Waals surface area contributed by atoms with Crippen LogP contribution < -0.4 is 0 Å². The zero-order chi connectivity index (χ0) is 17.9. The van der Waals surface area contributed by atoms with E-state index in [1.165, 1.54) is 12.3 Å². The summed E-state index contributed by atoms with van der Waals surface area (Å²) in [6.07, 6.45) is 2.21.